The van der Waals surface area contributed by atoms with Crippen LogP contribution in [0.2, 0.25) is 0 Å². The van der Waals surface area contributed by atoms with Crippen molar-refractivity contribution in [3.63, 3.8) is 0 Å². The molecule has 1 amide bonds. The number of amides is 1. The highest BCUT2D eigenvalue weighted by atomic mass is 35.5. The van der Waals surface area contributed by atoms with E-state index in [1.54, 1.807) is 0 Å². The summed E-state index contributed by atoms with van der Waals surface area (Å²) in [4.78, 5) is 22.0. The zero-order valence-electron chi connectivity index (χ0n) is 10.4. The van der Waals surface area contributed by atoms with E-state index in [-0.39, 0.29) is 35.5 Å². The number of aromatic nitrogens is 2. The molecular weight excluding hydrogens is 274 g/mol. The van der Waals surface area contributed by atoms with Crippen molar-refractivity contribution in [2.45, 2.75) is 25.8 Å². The first kappa shape index (κ1) is 15.4. The van der Waals surface area contributed by atoms with Gasteiger partial charge in [-0.25, -0.2) is 0 Å². The summed E-state index contributed by atoms with van der Waals surface area (Å²) in [5.41, 5.74) is 5.61. The van der Waals surface area contributed by atoms with Gasteiger partial charge in [0.25, 0.3) is 5.91 Å². The first-order chi connectivity index (χ1) is 8.50. The molecule has 2 rings (SSSR count). The average molecular weight is 290 g/mol. The van der Waals surface area contributed by atoms with Gasteiger partial charge in [-0.15, -0.1) is 12.4 Å². The third-order valence-corrected chi connectivity index (χ3v) is 3.04. The van der Waals surface area contributed by atoms with Crippen molar-refractivity contribution < 1.29 is 9.72 Å². The number of aromatic amines is 1. The summed E-state index contributed by atoms with van der Waals surface area (Å²) in [7, 11) is 0. The normalized spacial score (nSPS) is 15.5. The van der Waals surface area contributed by atoms with Gasteiger partial charge in [0.15, 0.2) is 0 Å². The molecule has 1 aromatic rings. The van der Waals surface area contributed by atoms with Gasteiger partial charge in [-0.1, -0.05) is 0 Å². The van der Waals surface area contributed by atoms with Crippen LogP contribution in [0.4, 0.5) is 5.69 Å². The van der Waals surface area contributed by atoms with Gasteiger partial charge in [-0.05, 0) is 25.7 Å². The topological polar surface area (TPSA) is 127 Å². The largest absolute Gasteiger partial charge is 0.349 e. The van der Waals surface area contributed by atoms with E-state index < -0.39 is 10.8 Å². The lowest BCUT2D eigenvalue weighted by molar-refractivity contribution is -0.385. The molecule has 0 spiro atoms. The van der Waals surface area contributed by atoms with Crippen LogP contribution >= 0.6 is 12.4 Å². The molecule has 1 aliphatic carbocycles. The van der Waals surface area contributed by atoms with Crippen LogP contribution in [-0.2, 0) is 0 Å². The van der Waals surface area contributed by atoms with Crippen LogP contribution in [0.3, 0.4) is 0 Å². The van der Waals surface area contributed by atoms with Crippen LogP contribution in [0, 0.1) is 23.0 Å². The highest BCUT2D eigenvalue weighted by Gasteiger charge is 2.30. The molecule has 0 radical (unpaired) electrons. The lowest BCUT2D eigenvalue weighted by atomic mass is 10.2. The molecule has 0 saturated heterocycles. The number of nitrogens with one attached hydrogen (secondary N) is 2. The molecule has 1 heterocycles. The number of nitrogens with zero attached hydrogens (tertiary/aromatic N) is 2. The van der Waals surface area contributed by atoms with Crippen LogP contribution in [0.1, 0.15) is 29.0 Å². The summed E-state index contributed by atoms with van der Waals surface area (Å²) in [6.07, 6.45) is 2.16. The van der Waals surface area contributed by atoms with Crippen molar-refractivity contribution in [1.82, 2.24) is 15.5 Å². The van der Waals surface area contributed by atoms with Crippen LogP contribution in [-0.4, -0.2) is 33.6 Å². The SMILES string of the molecule is Cc1[nH]nc(C(=O)NCC(N)C2CC2)c1[N+](=O)[O-].Cl. The van der Waals surface area contributed by atoms with E-state index >= 15 is 0 Å². The van der Waals surface area contributed by atoms with Crippen LogP contribution < -0.4 is 11.1 Å². The second-order valence-corrected chi connectivity index (χ2v) is 4.51. The highest BCUT2D eigenvalue weighted by Crippen LogP contribution is 2.31. The molecule has 106 valence electrons. The highest BCUT2D eigenvalue weighted by molar-refractivity contribution is 5.96. The number of halogens is 1. The van der Waals surface area contributed by atoms with Crippen LogP contribution in [0.25, 0.3) is 0 Å². The van der Waals surface area contributed by atoms with E-state index in [1.165, 1.54) is 6.92 Å². The molecule has 8 nitrogen and oxygen atoms in total. The molecule has 19 heavy (non-hydrogen) atoms. The van der Waals surface area contributed by atoms with E-state index in [2.05, 4.69) is 15.5 Å². The summed E-state index contributed by atoms with van der Waals surface area (Å²) in [5, 5.41) is 19.5. The number of hydrogen-bond acceptors (Lipinski definition) is 5. The van der Waals surface area contributed by atoms with E-state index in [9.17, 15) is 14.9 Å². The third-order valence-electron chi connectivity index (χ3n) is 3.04. The predicted octanol–water partition coefficient (Wildman–Crippen LogP) is 0.515. The molecule has 1 aromatic heterocycles. The Morgan fingerprint density at radius 2 is 2.32 bits per heavy atom. The number of carbonyl (C=O) groups excluding carboxylic acids is 1. The fourth-order valence-electron chi connectivity index (χ4n) is 1.79. The van der Waals surface area contributed by atoms with Crippen molar-refractivity contribution in [2.24, 2.45) is 11.7 Å². The fourth-order valence-corrected chi connectivity index (χ4v) is 1.79. The van der Waals surface area contributed by atoms with Crippen molar-refractivity contribution >= 4 is 24.0 Å². The van der Waals surface area contributed by atoms with Crippen molar-refractivity contribution in [3.05, 3.63) is 21.5 Å². The average Bonchev–Trinajstić information content (AvgIpc) is 3.08. The quantitative estimate of drug-likeness (QED) is 0.538. The molecule has 0 aromatic carbocycles. The van der Waals surface area contributed by atoms with Gasteiger partial charge in [0.2, 0.25) is 5.69 Å². The number of nitrogens with two attached hydrogens (primary N) is 1. The first-order valence-electron chi connectivity index (χ1n) is 5.74. The number of nitro groups is 1. The number of carbonyl (C=O) groups is 1. The molecule has 1 fully saturated rings. The Bertz CT molecular complexity index is 486. The first-order valence-corrected chi connectivity index (χ1v) is 5.74. The Morgan fingerprint density at radius 3 is 2.84 bits per heavy atom. The Hall–Kier alpha value is -1.67. The van der Waals surface area contributed by atoms with Gasteiger partial charge in [0.05, 0.1) is 4.92 Å². The standard InChI is InChI=1S/C10H15N5O3.ClH/c1-5-9(15(17)18)8(14-13-5)10(16)12-4-7(11)6-2-3-6;/h6-7H,2-4,11H2,1H3,(H,12,16)(H,13,14);1H. The Labute approximate surface area is 115 Å². The Balaban J connectivity index is 0.00000180. The number of H-pyrrole nitrogens is 1. The zero-order chi connectivity index (χ0) is 13.3. The molecule has 1 aliphatic rings. The van der Waals surface area contributed by atoms with Gasteiger partial charge in [0.1, 0.15) is 5.69 Å². The number of aryl methyl sites for hydroxylation is 1. The Morgan fingerprint density at radius 1 is 1.68 bits per heavy atom. The maximum absolute atomic E-state index is 11.8. The zero-order valence-corrected chi connectivity index (χ0v) is 11.2. The summed E-state index contributed by atoms with van der Waals surface area (Å²) in [5.74, 6) is -0.108. The molecule has 1 saturated carbocycles. The summed E-state index contributed by atoms with van der Waals surface area (Å²) in [6, 6.07) is -0.0898. The van der Waals surface area contributed by atoms with Gasteiger partial charge in [-0.2, -0.15) is 5.10 Å². The van der Waals surface area contributed by atoms with Crippen molar-refractivity contribution in [2.75, 3.05) is 6.54 Å². The Kier molecular flexibility index (Phi) is 4.84. The van der Waals surface area contributed by atoms with E-state index in [4.69, 9.17) is 5.73 Å². The fraction of sp³-hybridized carbons (Fsp3) is 0.600. The van der Waals surface area contributed by atoms with Crippen molar-refractivity contribution in [1.29, 1.82) is 0 Å². The predicted molar refractivity (Wildman–Crippen MR) is 70.3 cm³/mol. The summed E-state index contributed by atoms with van der Waals surface area (Å²) < 4.78 is 0. The maximum Gasteiger partial charge on any atom is 0.322 e. The van der Waals surface area contributed by atoms with Gasteiger partial charge in [0, 0.05) is 12.6 Å². The minimum atomic E-state index is -0.617. The summed E-state index contributed by atoms with van der Waals surface area (Å²) in [6.45, 7) is 1.81. The molecule has 9 heteroatoms. The van der Waals surface area contributed by atoms with E-state index in [0.29, 0.717) is 12.5 Å². The van der Waals surface area contributed by atoms with Crippen LogP contribution in [0.5, 0.6) is 0 Å². The maximum atomic E-state index is 11.8. The van der Waals surface area contributed by atoms with Gasteiger partial charge in [-0.3, -0.25) is 20.0 Å². The second kappa shape index (κ2) is 5.98. The monoisotopic (exact) mass is 289 g/mol. The smallest absolute Gasteiger partial charge is 0.322 e. The summed E-state index contributed by atoms with van der Waals surface area (Å²) >= 11 is 0. The van der Waals surface area contributed by atoms with Gasteiger partial charge < -0.3 is 11.1 Å². The minimum Gasteiger partial charge on any atom is -0.349 e. The number of rotatable bonds is 5. The van der Waals surface area contributed by atoms with Crippen molar-refractivity contribution in [3.8, 4) is 0 Å². The molecule has 4 N–H and O–H groups in total. The third kappa shape index (κ3) is 3.42. The van der Waals surface area contributed by atoms with E-state index in [1.807, 2.05) is 0 Å². The minimum absolute atomic E-state index is 0. The number of hydrogen-bond donors (Lipinski definition) is 3. The molecule has 0 aliphatic heterocycles. The van der Waals surface area contributed by atoms with Crippen LogP contribution in [0.15, 0.2) is 0 Å². The molecular formula is C10H16ClN5O3. The van der Waals surface area contributed by atoms with Gasteiger partial charge >= 0.3 is 5.69 Å². The lowest BCUT2D eigenvalue weighted by Gasteiger charge is -2.10. The molecule has 1 unspecified atom stereocenters. The molecule has 0 bridgehead atoms. The lowest BCUT2D eigenvalue weighted by Crippen LogP contribution is -2.38. The second-order valence-electron chi connectivity index (χ2n) is 4.51. The van der Waals surface area contributed by atoms with E-state index in [0.717, 1.165) is 12.8 Å². The molecule has 1 atom stereocenters.